The number of carbonyl (C=O) groups is 1. The summed E-state index contributed by atoms with van der Waals surface area (Å²) < 4.78 is 0. The van der Waals surface area contributed by atoms with Gasteiger partial charge in [-0.2, -0.15) is 11.8 Å². The number of carbonyl (C=O) groups excluding carboxylic acids is 1. The molecule has 3 fully saturated rings. The fourth-order valence-electron chi connectivity index (χ4n) is 4.68. The van der Waals surface area contributed by atoms with Gasteiger partial charge in [-0.25, -0.2) is 0 Å². The summed E-state index contributed by atoms with van der Waals surface area (Å²) in [5.74, 6) is 4.22. The molecule has 1 aliphatic heterocycles. The summed E-state index contributed by atoms with van der Waals surface area (Å²) >= 11 is 2.05. The first-order valence-electron chi connectivity index (χ1n) is 8.65. The topological polar surface area (TPSA) is 20.3 Å². The highest BCUT2D eigenvalue weighted by atomic mass is 32.2. The lowest BCUT2D eigenvalue weighted by Gasteiger charge is -2.28. The maximum atomic E-state index is 12.6. The van der Waals surface area contributed by atoms with Crippen molar-refractivity contribution in [3.05, 3.63) is 0 Å². The molecule has 2 aliphatic carbocycles. The van der Waals surface area contributed by atoms with Crippen molar-refractivity contribution in [3.63, 3.8) is 0 Å². The SMILES string of the molecule is CCS[C@@H]1CCCCN(C(=O)C[C@H]2C[C@H]3CC[C@H]2C3)C1. The molecule has 0 radical (unpaired) electrons. The first-order chi connectivity index (χ1) is 9.76. The van der Waals surface area contributed by atoms with Crippen molar-refractivity contribution in [1.82, 2.24) is 4.90 Å². The van der Waals surface area contributed by atoms with Crippen LogP contribution in [0.25, 0.3) is 0 Å². The van der Waals surface area contributed by atoms with Crippen molar-refractivity contribution >= 4 is 17.7 Å². The Morgan fingerprint density at radius 1 is 1.20 bits per heavy atom. The maximum Gasteiger partial charge on any atom is 0.222 e. The van der Waals surface area contributed by atoms with Crippen LogP contribution in [0, 0.1) is 17.8 Å². The van der Waals surface area contributed by atoms with E-state index in [1.807, 2.05) is 11.8 Å². The van der Waals surface area contributed by atoms with Gasteiger partial charge in [0.1, 0.15) is 0 Å². The van der Waals surface area contributed by atoms with Gasteiger partial charge in [0.25, 0.3) is 0 Å². The molecule has 3 aliphatic rings. The Morgan fingerprint density at radius 2 is 2.10 bits per heavy atom. The summed E-state index contributed by atoms with van der Waals surface area (Å²) in [6.07, 6.45) is 10.3. The van der Waals surface area contributed by atoms with Gasteiger partial charge < -0.3 is 4.90 Å². The second kappa shape index (κ2) is 6.72. The summed E-state index contributed by atoms with van der Waals surface area (Å²) in [5.41, 5.74) is 0. The number of hydrogen-bond acceptors (Lipinski definition) is 2. The van der Waals surface area contributed by atoms with Crippen LogP contribution in [0.1, 0.15) is 58.3 Å². The number of amides is 1. The zero-order valence-corrected chi connectivity index (χ0v) is 13.7. The first-order valence-corrected chi connectivity index (χ1v) is 9.70. The molecule has 0 spiro atoms. The number of thioether (sulfide) groups is 1. The van der Waals surface area contributed by atoms with E-state index in [1.54, 1.807) is 0 Å². The van der Waals surface area contributed by atoms with E-state index in [0.717, 1.165) is 37.3 Å². The summed E-state index contributed by atoms with van der Waals surface area (Å²) in [5, 5.41) is 0.687. The van der Waals surface area contributed by atoms with Crippen LogP contribution in [0.15, 0.2) is 0 Å². The largest absolute Gasteiger partial charge is 0.342 e. The van der Waals surface area contributed by atoms with Crippen LogP contribution in [0.2, 0.25) is 0 Å². The van der Waals surface area contributed by atoms with Crippen molar-refractivity contribution in [2.75, 3.05) is 18.8 Å². The van der Waals surface area contributed by atoms with Gasteiger partial charge in [0.2, 0.25) is 5.91 Å². The number of fused-ring (bicyclic) bond motifs is 2. The lowest BCUT2D eigenvalue weighted by Crippen LogP contribution is -2.37. The smallest absolute Gasteiger partial charge is 0.222 e. The summed E-state index contributed by atoms with van der Waals surface area (Å²) in [6.45, 7) is 4.26. The molecule has 1 saturated heterocycles. The van der Waals surface area contributed by atoms with E-state index < -0.39 is 0 Å². The Morgan fingerprint density at radius 3 is 2.80 bits per heavy atom. The van der Waals surface area contributed by atoms with Crippen LogP contribution in [0.3, 0.4) is 0 Å². The van der Waals surface area contributed by atoms with E-state index in [4.69, 9.17) is 0 Å². The molecule has 3 rings (SSSR count). The molecule has 3 heteroatoms. The number of rotatable bonds is 4. The monoisotopic (exact) mass is 295 g/mol. The number of hydrogen-bond donors (Lipinski definition) is 0. The summed E-state index contributed by atoms with van der Waals surface area (Å²) in [7, 11) is 0. The molecule has 2 saturated carbocycles. The molecule has 0 aromatic carbocycles. The average Bonchev–Trinajstić information content (AvgIpc) is 2.96. The van der Waals surface area contributed by atoms with E-state index in [0.29, 0.717) is 11.2 Å². The van der Waals surface area contributed by atoms with Crippen LogP contribution in [-0.4, -0.2) is 34.9 Å². The predicted molar refractivity (Wildman–Crippen MR) is 85.9 cm³/mol. The Kier molecular flexibility index (Phi) is 4.95. The van der Waals surface area contributed by atoms with E-state index in [-0.39, 0.29) is 0 Å². The summed E-state index contributed by atoms with van der Waals surface area (Å²) in [4.78, 5) is 14.9. The molecular formula is C17H29NOS. The molecule has 1 amide bonds. The Labute approximate surface area is 128 Å². The minimum absolute atomic E-state index is 0.464. The Balaban J connectivity index is 1.52. The zero-order chi connectivity index (χ0) is 13.9. The van der Waals surface area contributed by atoms with Crippen LogP contribution in [0.5, 0.6) is 0 Å². The van der Waals surface area contributed by atoms with Gasteiger partial charge in [-0.1, -0.05) is 19.8 Å². The Bertz CT molecular complexity index is 346. The van der Waals surface area contributed by atoms with Crippen molar-refractivity contribution in [2.45, 2.75) is 63.5 Å². The highest BCUT2D eigenvalue weighted by molar-refractivity contribution is 7.99. The van der Waals surface area contributed by atoms with Crippen LogP contribution < -0.4 is 0 Å². The third-order valence-corrected chi connectivity index (χ3v) is 6.89. The van der Waals surface area contributed by atoms with Gasteiger partial charge in [-0.05, 0) is 55.6 Å². The van der Waals surface area contributed by atoms with Gasteiger partial charge in [0.05, 0.1) is 0 Å². The van der Waals surface area contributed by atoms with Crippen molar-refractivity contribution in [3.8, 4) is 0 Å². The molecule has 2 bridgehead atoms. The minimum atomic E-state index is 0.464. The highest BCUT2D eigenvalue weighted by Gasteiger charge is 2.40. The predicted octanol–water partition coefficient (Wildman–Crippen LogP) is 3.95. The van der Waals surface area contributed by atoms with Gasteiger partial charge in [-0.3, -0.25) is 4.79 Å². The van der Waals surface area contributed by atoms with Gasteiger partial charge in [0, 0.05) is 24.8 Å². The quantitative estimate of drug-likeness (QED) is 0.783. The lowest BCUT2D eigenvalue weighted by molar-refractivity contribution is -0.132. The summed E-state index contributed by atoms with van der Waals surface area (Å²) in [6, 6.07) is 0. The van der Waals surface area contributed by atoms with Crippen LogP contribution in [-0.2, 0) is 4.79 Å². The number of nitrogens with zero attached hydrogens (tertiary/aromatic N) is 1. The number of likely N-dealkylation sites (tertiary alicyclic amines) is 1. The molecule has 0 aromatic heterocycles. The maximum absolute atomic E-state index is 12.6. The average molecular weight is 295 g/mol. The zero-order valence-electron chi connectivity index (χ0n) is 12.9. The third-order valence-electron chi connectivity index (χ3n) is 5.70. The van der Waals surface area contributed by atoms with Crippen molar-refractivity contribution < 1.29 is 4.79 Å². The van der Waals surface area contributed by atoms with Crippen molar-refractivity contribution in [2.24, 2.45) is 17.8 Å². The molecule has 0 unspecified atom stereocenters. The Hall–Kier alpha value is -0.180. The highest BCUT2D eigenvalue weighted by Crippen LogP contribution is 2.49. The van der Waals surface area contributed by atoms with E-state index in [9.17, 15) is 4.79 Å². The fourth-order valence-corrected chi connectivity index (χ4v) is 5.77. The molecule has 4 atom stereocenters. The molecule has 1 heterocycles. The van der Waals surface area contributed by atoms with Crippen LogP contribution in [0.4, 0.5) is 0 Å². The molecular weight excluding hydrogens is 266 g/mol. The molecule has 0 aromatic rings. The third kappa shape index (κ3) is 3.35. The second-order valence-electron chi connectivity index (χ2n) is 7.05. The van der Waals surface area contributed by atoms with Crippen LogP contribution >= 0.6 is 11.8 Å². The molecule has 0 N–H and O–H groups in total. The molecule has 2 nitrogen and oxygen atoms in total. The molecule has 114 valence electrons. The van der Waals surface area contributed by atoms with Gasteiger partial charge in [0.15, 0.2) is 0 Å². The standard InChI is InChI=1S/C17H29NOS/c1-2-20-16-5-3-4-8-18(12-16)17(19)11-15-10-13-6-7-14(15)9-13/h13-16H,2-12H2,1H3/t13-,14-,15+,16+/m0/s1. The fraction of sp³-hybridized carbons (Fsp3) is 0.941. The van der Waals surface area contributed by atoms with E-state index in [1.165, 1.54) is 50.7 Å². The van der Waals surface area contributed by atoms with Crippen molar-refractivity contribution in [1.29, 1.82) is 0 Å². The minimum Gasteiger partial charge on any atom is -0.342 e. The van der Waals surface area contributed by atoms with E-state index in [2.05, 4.69) is 11.8 Å². The van der Waals surface area contributed by atoms with Gasteiger partial charge >= 0.3 is 0 Å². The normalized spacial score (nSPS) is 37.1. The van der Waals surface area contributed by atoms with E-state index >= 15 is 0 Å². The molecule has 20 heavy (non-hydrogen) atoms. The first kappa shape index (κ1) is 14.7. The lowest BCUT2D eigenvalue weighted by atomic mass is 9.86. The second-order valence-corrected chi connectivity index (χ2v) is 8.63. The van der Waals surface area contributed by atoms with Gasteiger partial charge in [-0.15, -0.1) is 0 Å².